The first kappa shape index (κ1) is 12.2. The molecule has 1 aromatic heterocycles. The van der Waals surface area contributed by atoms with Crippen LogP contribution in [0.25, 0.3) is 10.9 Å². The molecule has 1 fully saturated rings. The highest BCUT2D eigenvalue weighted by Gasteiger charge is 2.18. The molecule has 0 unspecified atom stereocenters. The zero-order valence-electron chi connectivity index (χ0n) is 11.1. The molecule has 0 saturated carbocycles. The van der Waals surface area contributed by atoms with Crippen LogP contribution < -0.4 is 0 Å². The summed E-state index contributed by atoms with van der Waals surface area (Å²) >= 11 is 0. The van der Waals surface area contributed by atoms with Gasteiger partial charge in [0.05, 0.1) is 13.2 Å². The summed E-state index contributed by atoms with van der Waals surface area (Å²) in [5.41, 5.74) is 2.25. The molecule has 4 nitrogen and oxygen atoms in total. The minimum Gasteiger partial charge on any atom is -0.378 e. The van der Waals surface area contributed by atoms with Gasteiger partial charge in [0.1, 0.15) is 6.54 Å². The second-order valence-corrected chi connectivity index (χ2v) is 4.92. The minimum atomic E-state index is 0.174. The summed E-state index contributed by atoms with van der Waals surface area (Å²) < 4.78 is 7.37. The predicted octanol–water partition coefficient (Wildman–Crippen LogP) is 1.81. The molecular formula is C15H18N2O2. The van der Waals surface area contributed by atoms with Gasteiger partial charge in [-0.05, 0) is 24.4 Å². The lowest BCUT2D eigenvalue weighted by molar-refractivity contribution is -0.135. The molecular weight excluding hydrogens is 240 g/mol. The van der Waals surface area contributed by atoms with E-state index in [4.69, 9.17) is 4.74 Å². The Morgan fingerprint density at radius 1 is 1.26 bits per heavy atom. The van der Waals surface area contributed by atoms with E-state index in [0.29, 0.717) is 32.8 Å². The highest BCUT2D eigenvalue weighted by molar-refractivity contribution is 5.84. The first-order valence-corrected chi connectivity index (χ1v) is 6.66. The van der Waals surface area contributed by atoms with E-state index < -0.39 is 0 Å². The fourth-order valence-electron chi connectivity index (χ4n) is 2.61. The van der Waals surface area contributed by atoms with Crippen LogP contribution in [0.5, 0.6) is 0 Å². The van der Waals surface area contributed by atoms with Gasteiger partial charge in [0.25, 0.3) is 0 Å². The summed E-state index contributed by atoms with van der Waals surface area (Å²) in [7, 11) is 0. The van der Waals surface area contributed by atoms with Crippen LogP contribution in [0.1, 0.15) is 5.69 Å². The standard InChI is InChI=1S/C15H18N2O2/c1-12-10-13-4-2-3-5-14(13)17(12)11-15(18)16-6-8-19-9-7-16/h2-5,10H,6-9,11H2,1H3. The average Bonchev–Trinajstić information content (AvgIpc) is 2.76. The van der Waals surface area contributed by atoms with Crippen LogP contribution in [-0.4, -0.2) is 41.7 Å². The third kappa shape index (κ3) is 2.36. The van der Waals surface area contributed by atoms with Crippen LogP contribution in [0.2, 0.25) is 0 Å². The Hall–Kier alpha value is -1.81. The molecule has 0 spiro atoms. The van der Waals surface area contributed by atoms with Crippen molar-refractivity contribution >= 4 is 16.8 Å². The van der Waals surface area contributed by atoms with Crippen molar-refractivity contribution < 1.29 is 9.53 Å². The molecule has 1 aliphatic rings. The minimum absolute atomic E-state index is 0.174. The number of rotatable bonds is 2. The lowest BCUT2D eigenvalue weighted by Crippen LogP contribution is -2.42. The molecule has 0 bridgehead atoms. The number of carbonyl (C=O) groups is 1. The van der Waals surface area contributed by atoms with E-state index in [-0.39, 0.29) is 5.91 Å². The van der Waals surface area contributed by atoms with Gasteiger partial charge in [-0.3, -0.25) is 4.79 Å². The quantitative estimate of drug-likeness (QED) is 0.823. The summed E-state index contributed by atoms with van der Waals surface area (Å²) in [5, 5.41) is 1.19. The highest BCUT2D eigenvalue weighted by Crippen LogP contribution is 2.19. The lowest BCUT2D eigenvalue weighted by atomic mass is 10.2. The van der Waals surface area contributed by atoms with E-state index in [1.165, 1.54) is 5.39 Å². The van der Waals surface area contributed by atoms with Gasteiger partial charge in [0.15, 0.2) is 0 Å². The summed E-state index contributed by atoms with van der Waals surface area (Å²) in [6.07, 6.45) is 0. The molecule has 0 N–H and O–H groups in total. The molecule has 0 atom stereocenters. The third-order valence-corrected chi connectivity index (χ3v) is 3.67. The number of nitrogens with zero attached hydrogens (tertiary/aromatic N) is 2. The number of aryl methyl sites for hydroxylation is 1. The van der Waals surface area contributed by atoms with Gasteiger partial charge in [0, 0.05) is 24.3 Å². The van der Waals surface area contributed by atoms with Gasteiger partial charge >= 0.3 is 0 Å². The van der Waals surface area contributed by atoms with Crippen molar-refractivity contribution in [1.82, 2.24) is 9.47 Å². The Morgan fingerprint density at radius 3 is 2.79 bits per heavy atom. The number of benzene rings is 1. The maximum absolute atomic E-state index is 12.3. The Bertz CT molecular complexity index is 597. The van der Waals surface area contributed by atoms with Crippen molar-refractivity contribution in [3.8, 4) is 0 Å². The van der Waals surface area contributed by atoms with Gasteiger partial charge in [-0.15, -0.1) is 0 Å². The predicted molar refractivity (Wildman–Crippen MR) is 74.1 cm³/mol. The van der Waals surface area contributed by atoms with Crippen molar-refractivity contribution in [3.05, 3.63) is 36.0 Å². The van der Waals surface area contributed by atoms with E-state index in [0.717, 1.165) is 11.2 Å². The summed E-state index contributed by atoms with van der Waals surface area (Å²) in [5.74, 6) is 0.174. The van der Waals surface area contributed by atoms with Crippen LogP contribution in [0.4, 0.5) is 0 Å². The molecule has 19 heavy (non-hydrogen) atoms. The van der Waals surface area contributed by atoms with Crippen LogP contribution in [0, 0.1) is 6.92 Å². The molecule has 1 aromatic carbocycles. The Balaban J connectivity index is 1.84. The maximum atomic E-state index is 12.3. The van der Waals surface area contributed by atoms with Crippen molar-refractivity contribution in [1.29, 1.82) is 0 Å². The monoisotopic (exact) mass is 258 g/mol. The number of carbonyl (C=O) groups excluding carboxylic acids is 1. The molecule has 0 radical (unpaired) electrons. The Morgan fingerprint density at radius 2 is 2.00 bits per heavy atom. The second kappa shape index (κ2) is 5.05. The summed E-state index contributed by atoms with van der Waals surface area (Å²) in [6.45, 7) is 5.18. The van der Waals surface area contributed by atoms with E-state index in [1.807, 2.05) is 24.0 Å². The number of hydrogen-bond acceptors (Lipinski definition) is 2. The van der Waals surface area contributed by atoms with E-state index >= 15 is 0 Å². The number of amides is 1. The lowest BCUT2D eigenvalue weighted by Gasteiger charge is -2.27. The van der Waals surface area contributed by atoms with E-state index in [2.05, 4.69) is 22.8 Å². The van der Waals surface area contributed by atoms with Crippen LogP contribution in [0.3, 0.4) is 0 Å². The van der Waals surface area contributed by atoms with Crippen LogP contribution >= 0.6 is 0 Å². The van der Waals surface area contributed by atoms with Crippen molar-refractivity contribution in [2.24, 2.45) is 0 Å². The molecule has 3 rings (SSSR count). The van der Waals surface area contributed by atoms with Crippen LogP contribution in [-0.2, 0) is 16.1 Å². The van der Waals surface area contributed by atoms with Gasteiger partial charge in [-0.1, -0.05) is 18.2 Å². The van der Waals surface area contributed by atoms with Crippen LogP contribution in [0.15, 0.2) is 30.3 Å². The molecule has 0 aliphatic carbocycles. The fourth-order valence-corrected chi connectivity index (χ4v) is 2.61. The molecule has 2 aromatic rings. The second-order valence-electron chi connectivity index (χ2n) is 4.92. The molecule has 1 aliphatic heterocycles. The SMILES string of the molecule is Cc1cc2ccccc2n1CC(=O)N1CCOCC1. The fraction of sp³-hybridized carbons (Fsp3) is 0.400. The van der Waals surface area contributed by atoms with E-state index in [9.17, 15) is 4.79 Å². The number of para-hydroxylation sites is 1. The number of hydrogen-bond donors (Lipinski definition) is 0. The smallest absolute Gasteiger partial charge is 0.242 e. The molecule has 4 heteroatoms. The zero-order chi connectivity index (χ0) is 13.2. The van der Waals surface area contributed by atoms with Gasteiger partial charge in [-0.2, -0.15) is 0 Å². The van der Waals surface area contributed by atoms with Gasteiger partial charge < -0.3 is 14.2 Å². The number of morpholine rings is 1. The van der Waals surface area contributed by atoms with E-state index in [1.54, 1.807) is 0 Å². The Labute approximate surface area is 112 Å². The first-order valence-electron chi connectivity index (χ1n) is 6.66. The maximum Gasteiger partial charge on any atom is 0.242 e. The third-order valence-electron chi connectivity index (χ3n) is 3.67. The molecule has 1 saturated heterocycles. The first-order chi connectivity index (χ1) is 9.25. The largest absolute Gasteiger partial charge is 0.378 e. The number of aromatic nitrogens is 1. The van der Waals surface area contributed by atoms with Crippen molar-refractivity contribution in [2.75, 3.05) is 26.3 Å². The molecule has 1 amide bonds. The Kier molecular flexibility index (Phi) is 3.25. The van der Waals surface area contributed by atoms with Crippen molar-refractivity contribution in [2.45, 2.75) is 13.5 Å². The highest BCUT2D eigenvalue weighted by atomic mass is 16.5. The molecule has 2 heterocycles. The normalized spacial score (nSPS) is 15.9. The topological polar surface area (TPSA) is 34.5 Å². The average molecular weight is 258 g/mol. The zero-order valence-corrected chi connectivity index (χ0v) is 11.1. The van der Waals surface area contributed by atoms with Gasteiger partial charge in [0.2, 0.25) is 5.91 Å². The summed E-state index contributed by atoms with van der Waals surface area (Å²) in [6, 6.07) is 10.3. The summed E-state index contributed by atoms with van der Waals surface area (Å²) in [4.78, 5) is 14.2. The van der Waals surface area contributed by atoms with Gasteiger partial charge in [-0.25, -0.2) is 0 Å². The number of fused-ring (bicyclic) bond motifs is 1. The number of ether oxygens (including phenoxy) is 1. The molecule has 100 valence electrons. The van der Waals surface area contributed by atoms with Crippen molar-refractivity contribution in [3.63, 3.8) is 0 Å².